The first kappa shape index (κ1) is 18.1. The van der Waals surface area contributed by atoms with Crippen molar-refractivity contribution in [3.05, 3.63) is 62.6 Å². The summed E-state index contributed by atoms with van der Waals surface area (Å²) in [7, 11) is 0. The molecule has 0 aliphatic heterocycles. The summed E-state index contributed by atoms with van der Waals surface area (Å²) < 4.78 is 0. The Kier molecular flexibility index (Phi) is 6.78. The fourth-order valence-corrected chi connectivity index (χ4v) is 3.13. The van der Waals surface area contributed by atoms with Crippen LogP contribution in [0.15, 0.2) is 46.4 Å². The molecule has 0 aliphatic rings. The second kappa shape index (κ2) is 8.60. The van der Waals surface area contributed by atoms with Gasteiger partial charge in [0.15, 0.2) is 0 Å². The highest BCUT2D eigenvalue weighted by Crippen LogP contribution is 2.24. The van der Waals surface area contributed by atoms with E-state index in [1.54, 1.807) is 42.1 Å². The van der Waals surface area contributed by atoms with Crippen LogP contribution >= 0.6 is 46.6 Å². The Morgan fingerprint density at radius 1 is 1.17 bits per heavy atom. The Bertz CT molecular complexity index is 750. The van der Waals surface area contributed by atoms with Crippen molar-refractivity contribution in [3.8, 4) is 0 Å². The SMILES string of the molecule is CSc1ccc(Cl)cc1CC(=O)N/N=C\c1ccc(Cl)cc1Cl. The fraction of sp³-hybridized carbons (Fsp3) is 0.125. The van der Waals surface area contributed by atoms with Crippen molar-refractivity contribution in [2.75, 3.05) is 6.26 Å². The van der Waals surface area contributed by atoms with E-state index in [1.807, 2.05) is 12.3 Å². The van der Waals surface area contributed by atoms with E-state index in [4.69, 9.17) is 34.8 Å². The molecule has 0 aliphatic carbocycles. The van der Waals surface area contributed by atoms with Gasteiger partial charge in [-0.3, -0.25) is 4.79 Å². The van der Waals surface area contributed by atoms with Crippen molar-refractivity contribution in [3.63, 3.8) is 0 Å². The van der Waals surface area contributed by atoms with Crippen LogP contribution in [0.5, 0.6) is 0 Å². The third-order valence-corrected chi connectivity index (χ3v) is 4.58. The summed E-state index contributed by atoms with van der Waals surface area (Å²) in [5, 5.41) is 5.52. The van der Waals surface area contributed by atoms with Crippen LogP contribution in [0.1, 0.15) is 11.1 Å². The lowest BCUT2D eigenvalue weighted by Crippen LogP contribution is -2.20. The smallest absolute Gasteiger partial charge is 0.244 e. The minimum Gasteiger partial charge on any atom is -0.273 e. The number of hydrogen-bond donors (Lipinski definition) is 1. The van der Waals surface area contributed by atoms with Crippen LogP contribution in [0.25, 0.3) is 0 Å². The quantitative estimate of drug-likeness (QED) is 0.442. The van der Waals surface area contributed by atoms with E-state index in [-0.39, 0.29) is 12.3 Å². The maximum atomic E-state index is 12.0. The van der Waals surface area contributed by atoms with Gasteiger partial charge in [0.05, 0.1) is 17.7 Å². The number of nitrogens with one attached hydrogen (secondary N) is 1. The van der Waals surface area contributed by atoms with Crippen molar-refractivity contribution in [2.45, 2.75) is 11.3 Å². The van der Waals surface area contributed by atoms with Crippen LogP contribution in [0.4, 0.5) is 0 Å². The van der Waals surface area contributed by atoms with E-state index in [2.05, 4.69) is 10.5 Å². The van der Waals surface area contributed by atoms with Crippen LogP contribution in [-0.2, 0) is 11.2 Å². The molecule has 2 rings (SSSR count). The van der Waals surface area contributed by atoms with Gasteiger partial charge in [-0.25, -0.2) is 5.43 Å². The zero-order valence-corrected chi connectivity index (χ0v) is 15.2. The molecule has 2 aromatic rings. The number of carbonyl (C=O) groups is 1. The molecule has 23 heavy (non-hydrogen) atoms. The number of benzene rings is 2. The Morgan fingerprint density at radius 3 is 2.57 bits per heavy atom. The summed E-state index contributed by atoms with van der Waals surface area (Å²) in [5.74, 6) is -0.232. The number of nitrogens with zero attached hydrogens (tertiary/aromatic N) is 1. The lowest BCUT2D eigenvalue weighted by atomic mass is 10.1. The summed E-state index contributed by atoms with van der Waals surface area (Å²) >= 11 is 19.4. The molecule has 0 heterocycles. The lowest BCUT2D eigenvalue weighted by molar-refractivity contribution is -0.120. The number of hydrogen-bond acceptors (Lipinski definition) is 3. The predicted molar refractivity (Wildman–Crippen MR) is 99.1 cm³/mol. The maximum Gasteiger partial charge on any atom is 0.244 e. The molecule has 120 valence electrons. The molecule has 0 saturated heterocycles. The molecular weight excluding hydrogens is 375 g/mol. The van der Waals surface area contributed by atoms with E-state index in [0.29, 0.717) is 20.6 Å². The first-order valence-electron chi connectivity index (χ1n) is 6.59. The topological polar surface area (TPSA) is 41.5 Å². The highest BCUT2D eigenvalue weighted by Gasteiger charge is 2.08. The average molecular weight is 388 g/mol. The molecule has 0 atom stereocenters. The van der Waals surface area contributed by atoms with Crippen LogP contribution in [0.2, 0.25) is 15.1 Å². The molecule has 0 spiro atoms. The van der Waals surface area contributed by atoms with Crippen LogP contribution < -0.4 is 5.43 Å². The molecule has 3 nitrogen and oxygen atoms in total. The third-order valence-electron chi connectivity index (χ3n) is 2.95. The van der Waals surface area contributed by atoms with Gasteiger partial charge < -0.3 is 0 Å². The van der Waals surface area contributed by atoms with Crippen molar-refractivity contribution in [2.24, 2.45) is 5.10 Å². The second-order valence-electron chi connectivity index (χ2n) is 4.59. The fourth-order valence-electron chi connectivity index (χ4n) is 1.88. The molecule has 0 bridgehead atoms. The Hall–Kier alpha value is -1.20. The van der Waals surface area contributed by atoms with Crippen LogP contribution in [-0.4, -0.2) is 18.4 Å². The largest absolute Gasteiger partial charge is 0.273 e. The molecule has 0 saturated carbocycles. The van der Waals surface area contributed by atoms with Crippen LogP contribution in [0.3, 0.4) is 0 Å². The number of halogens is 3. The van der Waals surface area contributed by atoms with Crippen molar-refractivity contribution < 1.29 is 4.79 Å². The van der Waals surface area contributed by atoms with Crippen LogP contribution in [0, 0.1) is 0 Å². The monoisotopic (exact) mass is 386 g/mol. The molecule has 1 N–H and O–H groups in total. The predicted octanol–water partition coefficient (Wildman–Crippen LogP) is 5.06. The highest BCUT2D eigenvalue weighted by atomic mass is 35.5. The second-order valence-corrected chi connectivity index (χ2v) is 6.72. The van der Waals surface area contributed by atoms with Crippen molar-refractivity contribution in [1.82, 2.24) is 5.43 Å². The number of thioether (sulfide) groups is 1. The summed E-state index contributed by atoms with van der Waals surface area (Å²) in [6.45, 7) is 0. The van der Waals surface area contributed by atoms with E-state index in [1.165, 1.54) is 6.21 Å². The van der Waals surface area contributed by atoms with Crippen molar-refractivity contribution in [1.29, 1.82) is 0 Å². The normalized spacial score (nSPS) is 11.0. The van der Waals surface area contributed by atoms with Gasteiger partial charge in [0.25, 0.3) is 0 Å². The molecule has 0 radical (unpaired) electrons. The van der Waals surface area contributed by atoms with Crippen molar-refractivity contribution >= 4 is 58.7 Å². The summed E-state index contributed by atoms with van der Waals surface area (Å²) in [6, 6.07) is 10.5. The molecule has 2 aromatic carbocycles. The van der Waals surface area contributed by atoms with Gasteiger partial charge in [-0.2, -0.15) is 5.10 Å². The zero-order chi connectivity index (χ0) is 16.8. The van der Waals surface area contributed by atoms with E-state index in [0.717, 1.165) is 10.5 Å². The Balaban J connectivity index is 2.00. The maximum absolute atomic E-state index is 12.0. The highest BCUT2D eigenvalue weighted by molar-refractivity contribution is 7.98. The lowest BCUT2D eigenvalue weighted by Gasteiger charge is -2.07. The molecule has 1 amide bonds. The van der Waals surface area contributed by atoms with E-state index in [9.17, 15) is 4.79 Å². The standard InChI is InChI=1S/C16H13Cl3N2OS/c1-23-15-5-4-12(17)6-11(15)7-16(22)21-20-9-10-2-3-13(18)8-14(10)19/h2-6,8-9H,7H2,1H3,(H,21,22)/b20-9-. The first-order chi connectivity index (χ1) is 11.0. The molecule has 0 fully saturated rings. The van der Waals surface area contributed by atoms with Gasteiger partial charge in [-0.05, 0) is 42.2 Å². The summed E-state index contributed by atoms with van der Waals surface area (Å²) in [6.07, 6.45) is 3.62. The van der Waals surface area contributed by atoms with E-state index < -0.39 is 0 Å². The minimum absolute atomic E-state index is 0.197. The zero-order valence-electron chi connectivity index (χ0n) is 12.1. The minimum atomic E-state index is -0.232. The van der Waals surface area contributed by atoms with Gasteiger partial charge in [0.1, 0.15) is 0 Å². The number of rotatable bonds is 5. The summed E-state index contributed by atoms with van der Waals surface area (Å²) in [4.78, 5) is 13.0. The van der Waals surface area contributed by atoms with E-state index >= 15 is 0 Å². The molecular formula is C16H13Cl3N2OS. The third kappa shape index (κ3) is 5.43. The summed E-state index contributed by atoms with van der Waals surface area (Å²) in [5.41, 5.74) is 4.01. The van der Waals surface area contributed by atoms with Gasteiger partial charge >= 0.3 is 0 Å². The van der Waals surface area contributed by atoms with Gasteiger partial charge in [-0.15, -0.1) is 11.8 Å². The average Bonchev–Trinajstić information content (AvgIpc) is 2.50. The first-order valence-corrected chi connectivity index (χ1v) is 8.95. The van der Waals surface area contributed by atoms with Gasteiger partial charge in [0.2, 0.25) is 5.91 Å². The number of amides is 1. The van der Waals surface area contributed by atoms with Gasteiger partial charge in [-0.1, -0.05) is 40.9 Å². The molecule has 0 unspecified atom stereocenters. The molecule has 0 aromatic heterocycles. The Labute approximate surface area is 154 Å². The molecule has 7 heteroatoms. The number of hydrazone groups is 1. The number of carbonyl (C=O) groups excluding carboxylic acids is 1. The Morgan fingerprint density at radius 2 is 1.87 bits per heavy atom. The van der Waals surface area contributed by atoms with Gasteiger partial charge in [0, 0.05) is 20.5 Å².